The number of unbranched alkanes of at least 4 members (excludes halogenated alkanes) is 1. The molecule has 118 valence electrons. The molecule has 1 aromatic carbocycles. The molecule has 21 heavy (non-hydrogen) atoms. The lowest BCUT2D eigenvalue weighted by molar-refractivity contribution is -0.146. The minimum atomic E-state index is -0.378. The van der Waals surface area contributed by atoms with Gasteiger partial charge in [0.25, 0.3) is 0 Å². The van der Waals surface area contributed by atoms with E-state index >= 15 is 0 Å². The number of hydrogen-bond donors (Lipinski definition) is 1. The van der Waals surface area contributed by atoms with Crippen molar-refractivity contribution in [1.82, 2.24) is 0 Å². The fourth-order valence-electron chi connectivity index (χ4n) is 1.74. The van der Waals surface area contributed by atoms with Crippen LogP contribution in [-0.4, -0.2) is 25.2 Å². The summed E-state index contributed by atoms with van der Waals surface area (Å²) >= 11 is 6.15. The van der Waals surface area contributed by atoms with Gasteiger partial charge in [-0.2, -0.15) is 0 Å². The van der Waals surface area contributed by atoms with Gasteiger partial charge in [0.15, 0.2) is 6.61 Å². The van der Waals surface area contributed by atoms with Crippen molar-refractivity contribution in [2.24, 2.45) is 5.73 Å². The summed E-state index contributed by atoms with van der Waals surface area (Å²) in [6, 6.07) is 5.63. The van der Waals surface area contributed by atoms with Gasteiger partial charge in [-0.1, -0.05) is 37.9 Å². The lowest BCUT2D eigenvalue weighted by atomic mass is 10.0. The molecule has 0 radical (unpaired) electrons. The summed E-state index contributed by atoms with van der Waals surface area (Å²) in [4.78, 5) is 11.4. The zero-order valence-corrected chi connectivity index (χ0v) is 13.5. The molecule has 0 saturated carbocycles. The predicted octanol–water partition coefficient (Wildman–Crippen LogP) is 3.34. The minimum Gasteiger partial charge on any atom is -0.480 e. The van der Waals surface area contributed by atoms with Crippen LogP contribution in [0, 0.1) is 0 Å². The van der Waals surface area contributed by atoms with Gasteiger partial charge in [-0.3, -0.25) is 0 Å². The average Bonchev–Trinajstić information content (AvgIpc) is 2.46. The van der Waals surface area contributed by atoms with Crippen LogP contribution < -0.4 is 10.5 Å². The van der Waals surface area contributed by atoms with Crippen molar-refractivity contribution in [3.8, 4) is 5.75 Å². The van der Waals surface area contributed by atoms with Crippen LogP contribution in [0.5, 0.6) is 5.75 Å². The number of esters is 1. The molecule has 0 amide bonds. The highest BCUT2D eigenvalue weighted by Gasteiger charge is 2.09. The molecular weight excluding hydrogens is 290 g/mol. The van der Waals surface area contributed by atoms with Crippen LogP contribution in [0.15, 0.2) is 18.2 Å². The van der Waals surface area contributed by atoms with Crippen LogP contribution >= 0.6 is 11.6 Å². The lowest BCUT2D eigenvalue weighted by Gasteiger charge is -2.11. The Balaban J connectivity index is 2.47. The van der Waals surface area contributed by atoms with E-state index in [-0.39, 0.29) is 18.6 Å². The third kappa shape index (κ3) is 6.82. The number of halogens is 1. The zero-order valence-electron chi connectivity index (χ0n) is 12.7. The Hall–Kier alpha value is -1.26. The summed E-state index contributed by atoms with van der Waals surface area (Å²) in [7, 11) is 0. The first kappa shape index (κ1) is 17.8. The number of rotatable bonds is 9. The van der Waals surface area contributed by atoms with Gasteiger partial charge in [0.05, 0.1) is 11.6 Å². The summed E-state index contributed by atoms with van der Waals surface area (Å²) in [6.07, 6.45) is 3.54. The molecule has 1 rings (SSSR count). The van der Waals surface area contributed by atoms with Crippen molar-refractivity contribution in [1.29, 1.82) is 0 Å². The fourth-order valence-corrected chi connectivity index (χ4v) is 2.00. The normalized spacial score (nSPS) is 12.0. The van der Waals surface area contributed by atoms with Crippen molar-refractivity contribution in [2.75, 3.05) is 13.2 Å². The van der Waals surface area contributed by atoms with E-state index in [2.05, 4.69) is 0 Å². The van der Waals surface area contributed by atoms with E-state index in [9.17, 15) is 4.79 Å². The van der Waals surface area contributed by atoms with Gasteiger partial charge >= 0.3 is 5.97 Å². The van der Waals surface area contributed by atoms with Gasteiger partial charge in [-0.05, 0) is 37.0 Å². The smallest absolute Gasteiger partial charge is 0.344 e. The molecule has 0 heterocycles. The first-order valence-electron chi connectivity index (χ1n) is 7.39. The molecule has 0 aliphatic rings. The third-order valence-electron chi connectivity index (χ3n) is 3.13. The van der Waals surface area contributed by atoms with Gasteiger partial charge in [0.1, 0.15) is 5.75 Å². The van der Waals surface area contributed by atoms with E-state index in [1.165, 1.54) is 0 Å². The van der Waals surface area contributed by atoms with Crippen molar-refractivity contribution in [3.63, 3.8) is 0 Å². The van der Waals surface area contributed by atoms with Gasteiger partial charge in [0, 0.05) is 6.04 Å². The van der Waals surface area contributed by atoms with Crippen molar-refractivity contribution < 1.29 is 14.3 Å². The summed E-state index contributed by atoms with van der Waals surface area (Å²) in [5.74, 6) is 0.106. The van der Waals surface area contributed by atoms with E-state index in [4.69, 9.17) is 26.8 Å². The van der Waals surface area contributed by atoms with Crippen LogP contribution in [0.25, 0.3) is 0 Å². The van der Waals surface area contributed by atoms with Gasteiger partial charge in [0.2, 0.25) is 0 Å². The maximum atomic E-state index is 11.4. The Morgan fingerprint density at radius 3 is 2.76 bits per heavy atom. The SMILES string of the molecule is CCCCOC(=O)COc1ccc(CC(N)CC)cc1Cl. The summed E-state index contributed by atoms with van der Waals surface area (Å²) in [5.41, 5.74) is 6.98. The molecule has 1 unspecified atom stereocenters. The van der Waals surface area contributed by atoms with Crippen molar-refractivity contribution >= 4 is 17.6 Å². The standard InChI is InChI=1S/C16H24ClNO3/c1-3-5-8-20-16(19)11-21-15-7-6-12(10-14(15)17)9-13(18)4-2/h6-7,10,13H,3-5,8-9,11,18H2,1-2H3. The molecule has 0 aliphatic heterocycles. The highest BCUT2D eigenvalue weighted by molar-refractivity contribution is 6.32. The van der Waals surface area contributed by atoms with Crippen LogP contribution in [0.1, 0.15) is 38.7 Å². The molecule has 2 N–H and O–H groups in total. The average molecular weight is 314 g/mol. The number of hydrogen-bond acceptors (Lipinski definition) is 4. The lowest BCUT2D eigenvalue weighted by Crippen LogP contribution is -2.21. The highest BCUT2D eigenvalue weighted by atomic mass is 35.5. The Labute approximate surface area is 131 Å². The molecule has 0 aromatic heterocycles. The van der Waals surface area contributed by atoms with Gasteiger partial charge in [-0.25, -0.2) is 4.79 Å². The van der Waals surface area contributed by atoms with Crippen LogP contribution in [0.4, 0.5) is 0 Å². The third-order valence-corrected chi connectivity index (χ3v) is 3.42. The minimum absolute atomic E-state index is 0.126. The Morgan fingerprint density at radius 2 is 2.14 bits per heavy atom. The summed E-state index contributed by atoms with van der Waals surface area (Å²) < 4.78 is 10.4. The van der Waals surface area contributed by atoms with E-state index < -0.39 is 0 Å². The van der Waals surface area contributed by atoms with Crippen molar-refractivity contribution in [2.45, 2.75) is 45.6 Å². The number of carbonyl (C=O) groups excluding carboxylic acids is 1. The molecule has 5 heteroatoms. The number of carbonyl (C=O) groups is 1. The van der Waals surface area contributed by atoms with E-state index in [0.29, 0.717) is 17.4 Å². The molecule has 4 nitrogen and oxygen atoms in total. The second-order valence-electron chi connectivity index (χ2n) is 5.00. The van der Waals surface area contributed by atoms with Crippen molar-refractivity contribution in [3.05, 3.63) is 28.8 Å². The molecule has 1 atom stereocenters. The molecule has 0 saturated heterocycles. The quantitative estimate of drug-likeness (QED) is 0.561. The Morgan fingerprint density at radius 1 is 1.38 bits per heavy atom. The number of benzene rings is 1. The maximum Gasteiger partial charge on any atom is 0.344 e. The van der Waals surface area contributed by atoms with E-state index in [1.54, 1.807) is 6.07 Å². The van der Waals surface area contributed by atoms with E-state index in [1.807, 2.05) is 26.0 Å². The van der Waals surface area contributed by atoms with Gasteiger partial charge in [-0.15, -0.1) is 0 Å². The largest absolute Gasteiger partial charge is 0.480 e. The second kappa shape index (κ2) is 9.64. The first-order valence-corrected chi connectivity index (χ1v) is 7.77. The van der Waals surface area contributed by atoms with Crippen LogP contribution in [0.2, 0.25) is 5.02 Å². The topological polar surface area (TPSA) is 61.5 Å². The molecule has 1 aromatic rings. The summed E-state index contributed by atoms with van der Waals surface area (Å²) in [5, 5.41) is 0.483. The first-order chi connectivity index (χ1) is 10.1. The molecule has 0 aliphatic carbocycles. The molecular formula is C16H24ClNO3. The summed E-state index contributed by atoms with van der Waals surface area (Å²) in [6.45, 7) is 4.39. The van der Waals surface area contributed by atoms with Gasteiger partial charge < -0.3 is 15.2 Å². The van der Waals surface area contributed by atoms with Crippen LogP contribution in [0.3, 0.4) is 0 Å². The number of nitrogens with two attached hydrogens (primary N) is 1. The number of ether oxygens (including phenoxy) is 2. The maximum absolute atomic E-state index is 11.4. The second-order valence-corrected chi connectivity index (χ2v) is 5.41. The molecule has 0 fully saturated rings. The monoisotopic (exact) mass is 313 g/mol. The Bertz CT molecular complexity index is 451. The van der Waals surface area contributed by atoms with Crippen LogP contribution in [-0.2, 0) is 16.0 Å². The molecule has 0 spiro atoms. The predicted molar refractivity (Wildman–Crippen MR) is 84.8 cm³/mol. The fraction of sp³-hybridized carbons (Fsp3) is 0.562. The molecule has 0 bridgehead atoms. The van der Waals surface area contributed by atoms with E-state index in [0.717, 1.165) is 31.2 Å². The highest BCUT2D eigenvalue weighted by Crippen LogP contribution is 2.26. The Kier molecular flexibility index (Phi) is 8.16. The zero-order chi connectivity index (χ0) is 15.7.